The van der Waals surface area contributed by atoms with E-state index in [9.17, 15) is 10.1 Å². The number of rotatable bonds is 9. The monoisotopic (exact) mass is 286 g/mol. The highest BCUT2D eigenvalue weighted by Gasteiger charge is 2.03. The van der Waals surface area contributed by atoms with E-state index >= 15 is 0 Å². The van der Waals surface area contributed by atoms with Gasteiger partial charge in [-0.05, 0) is 18.5 Å². The summed E-state index contributed by atoms with van der Waals surface area (Å²) in [6.07, 6.45) is 6.39. The predicted molar refractivity (Wildman–Crippen MR) is 80.8 cm³/mol. The molecular weight excluding hydrogens is 264 g/mol. The number of non-ortho nitro benzene ring substituents is 1. The summed E-state index contributed by atoms with van der Waals surface area (Å²) in [4.78, 5) is 10.1. The number of nitro benzene ring substituents is 1. The molecule has 1 N–H and O–H groups in total. The van der Waals surface area contributed by atoms with Gasteiger partial charge in [0.25, 0.3) is 5.69 Å². The van der Waals surface area contributed by atoms with Crippen molar-refractivity contribution in [1.29, 1.82) is 0 Å². The van der Waals surface area contributed by atoms with Gasteiger partial charge in [-0.2, -0.15) is 0 Å². The third-order valence-electron chi connectivity index (χ3n) is 2.93. The van der Waals surface area contributed by atoms with Gasteiger partial charge < -0.3 is 5.32 Å². The average molecular weight is 287 g/mol. The normalized spacial score (nSPS) is 9.95. The van der Waals surface area contributed by atoms with Crippen molar-refractivity contribution in [1.82, 2.24) is 5.32 Å². The number of nitrogens with zero attached hydrogens (tertiary/aromatic N) is 1. The minimum absolute atomic E-state index is 0. The Bertz CT molecular complexity index is 355. The molecule has 0 unspecified atom stereocenters. The molecular formula is C14H23ClN2O2. The zero-order valence-corrected chi connectivity index (χ0v) is 12.2. The molecule has 0 aliphatic carbocycles. The maximum Gasteiger partial charge on any atom is 0.269 e. The van der Waals surface area contributed by atoms with Crippen LogP contribution >= 0.6 is 12.4 Å². The van der Waals surface area contributed by atoms with Crippen molar-refractivity contribution < 1.29 is 4.92 Å². The number of benzene rings is 1. The van der Waals surface area contributed by atoms with Crippen LogP contribution in [0.5, 0.6) is 0 Å². The summed E-state index contributed by atoms with van der Waals surface area (Å²) in [6, 6.07) is 6.72. The molecule has 0 saturated carbocycles. The van der Waals surface area contributed by atoms with Gasteiger partial charge in [0, 0.05) is 18.7 Å². The van der Waals surface area contributed by atoms with Gasteiger partial charge in [-0.3, -0.25) is 10.1 Å². The number of halogens is 1. The SMILES string of the molecule is CCCCCCCNCc1ccc([N+](=O)[O-])cc1.Cl. The number of hydrogen-bond acceptors (Lipinski definition) is 3. The number of nitro groups is 1. The van der Waals surface area contributed by atoms with E-state index in [0.29, 0.717) is 0 Å². The summed E-state index contributed by atoms with van der Waals surface area (Å²) in [5.74, 6) is 0. The van der Waals surface area contributed by atoms with Gasteiger partial charge in [-0.15, -0.1) is 12.4 Å². The summed E-state index contributed by atoms with van der Waals surface area (Å²) in [5, 5.41) is 13.8. The Morgan fingerprint density at radius 1 is 1.11 bits per heavy atom. The smallest absolute Gasteiger partial charge is 0.269 e. The van der Waals surface area contributed by atoms with Crippen molar-refractivity contribution in [3.05, 3.63) is 39.9 Å². The summed E-state index contributed by atoms with van der Waals surface area (Å²) >= 11 is 0. The molecule has 108 valence electrons. The van der Waals surface area contributed by atoms with Gasteiger partial charge in [0.05, 0.1) is 4.92 Å². The fraction of sp³-hybridized carbons (Fsp3) is 0.571. The molecule has 0 atom stereocenters. The van der Waals surface area contributed by atoms with Crippen molar-refractivity contribution in [2.24, 2.45) is 0 Å². The molecule has 0 aliphatic rings. The van der Waals surface area contributed by atoms with Crippen molar-refractivity contribution in [3.63, 3.8) is 0 Å². The Kier molecular flexibility index (Phi) is 10.1. The molecule has 1 aromatic carbocycles. The van der Waals surface area contributed by atoms with Crippen molar-refractivity contribution in [3.8, 4) is 0 Å². The highest BCUT2D eigenvalue weighted by atomic mass is 35.5. The van der Waals surface area contributed by atoms with E-state index < -0.39 is 0 Å². The van der Waals surface area contributed by atoms with Crippen LogP contribution in [0.3, 0.4) is 0 Å². The second kappa shape index (κ2) is 10.8. The fourth-order valence-electron chi connectivity index (χ4n) is 1.82. The minimum atomic E-state index is -0.370. The molecule has 0 aliphatic heterocycles. The van der Waals surface area contributed by atoms with Crippen LogP contribution in [-0.2, 0) is 6.54 Å². The van der Waals surface area contributed by atoms with Crippen LogP contribution in [0.15, 0.2) is 24.3 Å². The third kappa shape index (κ3) is 7.80. The largest absolute Gasteiger partial charge is 0.313 e. The highest BCUT2D eigenvalue weighted by Crippen LogP contribution is 2.11. The van der Waals surface area contributed by atoms with Crippen LogP contribution in [0.1, 0.15) is 44.6 Å². The van der Waals surface area contributed by atoms with Crippen molar-refractivity contribution >= 4 is 18.1 Å². The van der Waals surface area contributed by atoms with Gasteiger partial charge in [0.1, 0.15) is 0 Å². The van der Waals surface area contributed by atoms with Crippen LogP contribution in [0, 0.1) is 10.1 Å². The van der Waals surface area contributed by atoms with E-state index in [4.69, 9.17) is 0 Å². The first kappa shape index (κ1) is 17.9. The predicted octanol–water partition coefficient (Wildman–Crippen LogP) is 4.08. The van der Waals surface area contributed by atoms with Crippen LogP contribution in [0.4, 0.5) is 5.69 Å². The third-order valence-corrected chi connectivity index (χ3v) is 2.93. The van der Waals surface area contributed by atoms with Crippen molar-refractivity contribution in [2.45, 2.75) is 45.6 Å². The molecule has 5 heteroatoms. The Morgan fingerprint density at radius 2 is 1.74 bits per heavy atom. The lowest BCUT2D eigenvalue weighted by molar-refractivity contribution is -0.384. The molecule has 0 amide bonds. The molecule has 4 nitrogen and oxygen atoms in total. The zero-order valence-electron chi connectivity index (χ0n) is 11.4. The Morgan fingerprint density at radius 3 is 2.32 bits per heavy atom. The Balaban J connectivity index is 0.00000324. The van der Waals surface area contributed by atoms with Gasteiger partial charge in [0.15, 0.2) is 0 Å². The molecule has 0 fully saturated rings. The van der Waals surface area contributed by atoms with E-state index in [1.54, 1.807) is 12.1 Å². The van der Waals surface area contributed by atoms with Gasteiger partial charge in [0.2, 0.25) is 0 Å². The van der Waals surface area contributed by atoms with E-state index in [-0.39, 0.29) is 23.0 Å². The molecule has 1 rings (SSSR count). The first-order valence-electron chi connectivity index (χ1n) is 6.68. The van der Waals surface area contributed by atoms with Gasteiger partial charge >= 0.3 is 0 Å². The van der Waals surface area contributed by atoms with E-state index in [0.717, 1.165) is 18.7 Å². The second-order valence-corrected chi connectivity index (χ2v) is 4.51. The fourth-order valence-corrected chi connectivity index (χ4v) is 1.82. The Hall–Kier alpha value is -1.13. The molecule has 0 aromatic heterocycles. The first-order chi connectivity index (χ1) is 8.74. The van der Waals surface area contributed by atoms with Crippen molar-refractivity contribution in [2.75, 3.05) is 6.54 Å². The van der Waals surface area contributed by atoms with Crippen LogP contribution < -0.4 is 5.32 Å². The molecule has 0 bridgehead atoms. The quantitative estimate of drug-likeness (QED) is 0.423. The van der Waals surface area contributed by atoms with Gasteiger partial charge in [-0.1, -0.05) is 44.7 Å². The first-order valence-corrected chi connectivity index (χ1v) is 6.68. The maximum absolute atomic E-state index is 10.5. The minimum Gasteiger partial charge on any atom is -0.313 e. The topological polar surface area (TPSA) is 55.2 Å². The molecule has 19 heavy (non-hydrogen) atoms. The van der Waals surface area contributed by atoms with Crippen LogP contribution in [0.2, 0.25) is 0 Å². The number of nitrogens with one attached hydrogen (secondary N) is 1. The zero-order chi connectivity index (χ0) is 13.2. The molecule has 0 radical (unpaired) electrons. The van der Waals surface area contributed by atoms with E-state index in [1.807, 2.05) is 12.1 Å². The summed E-state index contributed by atoms with van der Waals surface area (Å²) in [6.45, 7) is 4.01. The van der Waals surface area contributed by atoms with E-state index in [1.165, 1.54) is 32.1 Å². The molecule has 0 saturated heterocycles. The Labute approximate surface area is 121 Å². The lowest BCUT2D eigenvalue weighted by Gasteiger charge is -2.04. The maximum atomic E-state index is 10.5. The molecule has 1 aromatic rings. The number of unbranched alkanes of at least 4 members (excludes halogenated alkanes) is 4. The highest BCUT2D eigenvalue weighted by molar-refractivity contribution is 5.85. The van der Waals surface area contributed by atoms with Gasteiger partial charge in [-0.25, -0.2) is 0 Å². The molecule has 0 spiro atoms. The number of hydrogen-bond donors (Lipinski definition) is 1. The average Bonchev–Trinajstić information content (AvgIpc) is 2.38. The lowest BCUT2D eigenvalue weighted by Crippen LogP contribution is -2.14. The second-order valence-electron chi connectivity index (χ2n) is 4.51. The van der Waals surface area contributed by atoms with Crippen LogP contribution in [-0.4, -0.2) is 11.5 Å². The standard InChI is InChI=1S/C14H22N2O2.ClH/c1-2-3-4-5-6-11-15-12-13-7-9-14(10-8-13)16(17)18;/h7-10,15H,2-6,11-12H2,1H3;1H. The summed E-state index contributed by atoms with van der Waals surface area (Å²) in [7, 11) is 0. The van der Waals surface area contributed by atoms with Crippen LogP contribution in [0.25, 0.3) is 0 Å². The summed E-state index contributed by atoms with van der Waals surface area (Å²) in [5.41, 5.74) is 1.24. The lowest BCUT2D eigenvalue weighted by atomic mass is 10.1. The van der Waals surface area contributed by atoms with E-state index in [2.05, 4.69) is 12.2 Å². The molecule has 0 heterocycles. The summed E-state index contributed by atoms with van der Waals surface area (Å²) < 4.78 is 0.